The van der Waals surface area contributed by atoms with Gasteiger partial charge in [0.05, 0.1) is 16.3 Å². The zero-order valence-electron chi connectivity index (χ0n) is 14.2. The molecular formula is C19H18N4O2S. The quantitative estimate of drug-likeness (QED) is 0.745. The van der Waals surface area contributed by atoms with Crippen molar-refractivity contribution in [2.45, 2.75) is 19.4 Å². The first-order valence-electron chi connectivity index (χ1n) is 8.39. The lowest BCUT2D eigenvalue weighted by Crippen LogP contribution is -2.39. The van der Waals surface area contributed by atoms with E-state index in [1.54, 1.807) is 4.90 Å². The maximum Gasteiger partial charge on any atom is 0.321 e. The molecule has 1 fully saturated rings. The largest absolute Gasteiger partial charge is 0.333 e. The monoisotopic (exact) mass is 366 g/mol. The highest BCUT2D eigenvalue weighted by atomic mass is 32.1. The van der Waals surface area contributed by atoms with Crippen LogP contribution in [0.15, 0.2) is 48.5 Å². The third-order valence-electron chi connectivity index (χ3n) is 4.37. The summed E-state index contributed by atoms with van der Waals surface area (Å²) in [5, 5.41) is 6.20. The van der Waals surface area contributed by atoms with Crippen LogP contribution in [0.3, 0.4) is 0 Å². The molecule has 2 N–H and O–H groups in total. The number of carbonyl (C=O) groups is 2. The van der Waals surface area contributed by atoms with Crippen molar-refractivity contribution in [1.82, 2.24) is 10.3 Å². The highest BCUT2D eigenvalue weighted by Gasteiger charge is 2.31. The number of thiazole rings is 1. The second kappa shape index (κ2) is 6.76. The standard InChI is InChI=1S/C19H18N4O2S/c1-12-6-5-9-15-17(12)21-19(26-15)22-18(25)20-13-10-16(24)23(11-13)14-7-3-2-4-8-14/h2-9,13H,10-11H2,1H3,(H2,20,21,22,25)/t13-/m0/s1. The lowest BCUT2D eigenvalue weighted by Gasteiger charge is -2.17. The topological polar surface area (TPSA) is 74.3 Å². The van der Waals surface area contributed by atoms with Crippen LogP contribution in [0.4, 0.5) is 15.6 Å². The number of urea groups is 1. The van der Waals surface area contributed by atoms with Crippen LogP contribution in [0, 0.1) is 6.92 Å². The highest BCUT2D eigenvalue weighted by Crippen LogP contribution is 2.28. The molecule has 0 spiro atoms. The van der Waals surface area contributed by atoms with Crippen molar-refractivity contribution in [3.8, 4) is 0 Å². The molecule has 6 nitrogen and oxygen atoms in total. The van der Waals surface area contributed by atoms with Gasteiger partial charge in [-0.2, -0.15) is 0 Å². The normalized spacial score (nSPS) is 16.9. The lowest BCUT2D eigenvalue weighted by molar-refractivity contribution is -0.117. The molecule has 4 rings (SSSR count). The summed E-state index contributed by atoms with van der Waals surface area (Å²) in [5.41, 5.74) is 2.83. The molecule has 0 radical (unpaired) electrons. The number of nitrogens with zero attached hydrogens (tertiary/aromatic N) is 2. The fraction of sp³-hybridized carbons (Fsp3) is 0.211. The van der Waals surface area contributed by atoms with Gasteiger partial charge in [0.15, 0.2) is 5.13 Å². The van der Waals surface area contributed by atoms with E-state index in [2.05, 4.69) is 15.6 Å². The minimum Gasteiger partial charge on any atom is -0.333 e. The van der Waals surface area contributed by atoms with Gasteiger partial charge in [0, 0.05) is 18.7 Å². The molecule has 3 aromatic rings. The van der Waals surface area contributed by atoms with Gasteiger partial charge in [-0.15, -0.1) is 0 Å². The Morgan fingerprint density at radius 2 is 2.00 bits per heavy atom. The van der Waals surface area contributed by atoms with Gasteiger partial charge in [-0.3, -0.25) is 10.1 Å². The third kappa shape index (κ3) is 3.25. The Labute approximate surface area is 154 Å². The Morgan fingerprint density at radius 3 is 2.77 bits per heavy atom. The third-order valence-corrected chi connectivity index (χ3v) is 5.31. The Morgan fingerprint density at radius 1 is 1.19 bits per heavy atom. The molecule has 1 aromatic heterocycles. The molecule has 7 heteroatoms. The fourth-order valence-electron chi connectivity index (χ4n) is 3.12. The number of benzene rings is 2. The van der Waals surface area contributed by atoms with Crippen molar-refractivity contribution in [3.63, 3.8) is 0 Å². The van der Waals surface area contributed by atoms with Gasteiger partial charge in [0.2, 0.25) is 5.91 Å². The number of nitrogens with one attached hydrogen (secondary N) is 2. The minimum absolute atomic E-state index is 0.0112. The van der Waals surface area contributed by atoms with Crippen LogP contribution in [0.1, 0.15) is 12.0 Å². The first kappa shape index (κ1) is 16.5. The molecule has 0 unspecified atom stereocenters. The van der Waals surface area contributed by atoms with Crippen LogP contribution in [0.2, 0.25) is 0 Å². The molecule has 1 atom stereocenters. The number of aryl methyl sites for hydroxylation is 1. The van der Waals surface area contributed by atoms with E-state index in [-0.39, 0.29) is 18.0 Å². The molecule has 1 aliphatic rings. The molecule has 132 valence electrons. The minimum atomic E-state index is -0.338. The Bertz CT molecular complexity index is 970. The summed E-state index contributed by atoms with van der Waals surface area (Å²) in [6.45, 7) is 2.46. The van der Waals surface area contributed by atoms with E-state index < -0.39 is 0 Å². The molecule has 0 bridgehead atoms. The average molecular weight is 366 g/mol. The first-order chi connectivity index (χ1) is 12.6. The highest BCUT2D eigenvalue weighted by molar-refractivity contribution is 7.22. The summed E-state index contributed by atoms with van der Waals surface area (Å²) >= 11 is 1.44. The van der Waals surface area contributed by atoms with Crippen molar-refractivity contribution in [2.75, 3.05) is 16.8 Å². The van der Waals surface area contributed by atoms with Crippen molar-refractivity contribution in [1.29, 1.82) is 0 Å². The smallest absolute Gasteiger partial charge is 0.321 e. The van der Waals surface area contributed by atoms with Crippen molar-refractivity contribution in [3.05, 3.63) is 54.1 Å². The van der Waals surface area contributed by atoms with Crippen LogP contribution >= 0.6 is 11.3 Å². The van der Waals surface area contributed by atoms with Gasteiger partial charge in [-0.25, -0.2) is 9.78 Å². The van der Waals surface area contributed by atoms with E-state index in [1.165, 1.54) is 11.3 Å². The van der Waals surface area contributed by atoms with Crippen LogP contribution in [-0.2, 0) is 4.79 Å². The summed E-state index contributed by atoms with van der Waals surface area (Å²) in [6, 6.07) is 14.9. The van der Waals surface area contributed by atoms with E-state index >= 15 is 0 Å². The Hall–Kier alpha value is -2.93. The zero-order valence-corrected chi connectivity index (χ0v) is 15.0. The van der Waals surface area contributed by atoms with Crippen molar-refractivity contribution >= 4 is 44.3 Å². The van der Waals surface area contributed by atoms with Crippen LogP contribution in [0.5, 0.6) is 0 Å². The van der Waals surface area contributed by atoms with Gasteiger partial charge < -0.3 is 10.2 Å². The number of rotatable bonds is 3. The number of carbonyl (C=O) groups excluding carboxylic acids is 2. The number of hydrogen-bond acceptors (Lipinski definition) is 4. The fourth-order valence-corrected chi connectivity index (χ4v) is 4.06. The van der Waals surface area contributed by atoms with Gasteiger partial charge in [0.25, 0.3) is 0 Å². The van der Waals surface area contributed by atoms with Crippen LogP contribution in [-0.4, -0.2) is 29.5 Å². The zero-order chi connectivity index (χ0) is 18.1. The molecule has 2 aromatic carbocycles. The van der Waals surface area contributed by atoms with Gasteiger partial charge in [-0.1, -0.05) is 41.7 Å². The predicted octanol–water partition coefficient (Wildman–Crippen LogP) is 3.53. The van der Waals surface area contributed by atoms with E-state index in [4.69, 9.17) is 0 Å². The van der Waals surface area contributed by atoms with E-state index in [0.717, 1.165) is 21.5 Å². The average Bonchev–Trinajstić information content (AvgIpc) is 3.19. The molecule has 26 heavy (non-hydrogen) atoms. The summed E-state index contributed by atoms with van der Waals surface area (Å²) in [7, 11) is 0. The second-order valence-corrected chi connectivity index (χ2v) is 7.31. The molecule has 1 aliphatic heterocycles. The number of para-hydroxylation sites is 2. The summed E-state index contributed by atoms with van der Waals surface area (Å²) in [4.78, 5) is 30.7. The maximum atomic E-state index is 12.3. The number of fused-ring (bicyclic) bond motifs is 1. The SMILES string of the molecule is Cc1cccc2sc(NC(=O)N[C@H]3CC(=O)N(c4ccccc4)C3)nc12. The number of aromatic nitrogens is 1. The molecule has 0 saturated carbocycles. The lowest BCUT2D eigenvalue weighted by atomic mass is 10.2. The molecular weight excluding hydrogens is 348 g/mol. The molecule has 0 aliphatic carbocycles. The Kier molecular flexibility index (Phi) is 4.30. The van der Waals surface area contributed by atoms with Gasteiger partial charge in [-0.05, 0) is 30.7 Å². The maximum absolute atomic E-state index is 12.3. The van der Waals surface area contributed by atoms with Gasteiger partial charge >= 0.3 is 6.03 Å². The Balaban J connectivity index is 1.40. The molecule has 1 saturated heterocycles. The van der Waals surface area contributed by atoms with E-state index in [0.29, 0.717) is 18.1 Å². The summed E-state index contributed by atoms with van der Waals surface area (Å²) < 4.78 is 1.03. The van der Waals surface area contributed by atoms with Crippen LogP contribution < -0.4 is 15.5 Å². The summed E-state index contributed by atoms with van der Waals surface area (Å²) in [6.07, 6.45) is 0.293. The first-order valence-corrected chi connectivity index (χ1v) is 9.21. The van der Waals surface area contributed by atoms with Crippen molar-refractivity contribution in [2.24, 2.45) is 0 Å². The predicted molar refractivity (Wildman–Crippen MR) is 104 cm³/mol. The molecule has 3 amide bonds. The number of hydrogen-bond donors (Lipinski definition) is 2. The number of amides is 3. The van der Waals surface area contributed by atoms with Gasteiger partial charge in [0.1, 0.15) is 0 Å². The van der Waals surface area contributed by atoms with E-state index in [1.807, 2.05) is 55.5 Å². The van der Waals surface area contributed by atoms with Crippen molar-refractivity contribution < 1.29 is 9.59 Å². The van der Waals surface area contributed by atoms with E-state index in [9.17, 15) is 9.59 Å². The second-order valence-electron chi connectivity index (χ2n) is 6.28. The number of anilines is 2. The van der Waals surface area contributed by atoms with Crippen LogP contribution in [0.25, 0.3) is 10.2 Å². The molecule has 2 heterocycles. The summed E-state index contributed by atoms with van der Waals surface area (Å²) in [5.74, 6) is 0.0112.